The van der Waals surface area contributed by atoms with Crippen LogP contribution in [0.3, 0.4) is 0 Å². The standard InChI is InChI=1S/C15H24ClNO3/c1-4-5-19-6-7-20-15-12(8-11(2)17)9-13(16)10-14(15)18-3/h9-11H,4-8,17H2,1-3H3. The van der Waals surface area contributed by atoms with Crippen LogP contribution in [0.1, 0.15) is 25.8 Å². The van der Waals surface area contributed by atoms with E-state index in [0.29, 0.717) is 36.2 Å². The Morgan fingerprint density at radius 2 is 2.00 bits per heavy atom. The Morgan fingerprint density at radius 3 is 2.60 bits per heavy atom. The van der Waals surface area contributed by atoms with Crippen LogP contribution in [-0.2, 0) is 11.2 Å². The van der Waals surface area contributed by atoms with Crippen molar-refractivity contribution in [3.63, 3.8) is 0 Å². The summed E-state index contributed by atoms with van der Waals surface area (Å²) in [7, 11) is 1.60. The molecular weight excluding hydrogens is 278 g/mol. The summed E-state index contributed by atoms with van der Waals surface area (Å²) in [6.45, 7) is 5.79. The van der Waals surface area contributed by atoms with E-state index in [0.717, 1.165) is 18.6 Å². The average molecular weight is 302 g/mol. The van der Waals surface area contributed by atoms with E-state index in [-0.39, 0.29) is 6.04 Å². The maximum atomic E-state index is 6.09. The third-order valence-electron chi connectivity index (χ3n) is 2.68. The minimum Gasteiger partial charge on any atom is -0.493 e. The molecule has 20 heavy (non-hydrogen) atoms. The molecule has 114 valence electrons. The number of rotatable bonds is 9. The first-order valence-corrected chi connectivity index (χ1v) is 7.28. The number of nitrogens with two attached hydrogens (primary N) is 1. The van der Waals surface area contributed by atoms with Crippen LogP contribution in [0.2, 0.25) is 5.02 Å². The van der Waals surface area contributed by atoms with Crippen LogP contribution in [-0.4, -0.2) is 33.0 Å². The van der Waals surface area contributed by atoms with Gasteiger partial charge in [-0.3, -0.25) is 0 Å². The second-order valence-corrected chi connectivity index (χ2v) is 5.17. The highest BCUT2D eigenvalue weighted by molar-refractivity contribution is 6.30. The molecule has 5 heteroatoms. The van der Waals surface area contributed by atoms with Crippen molar-refractivity contribution in [2.45, 2.75) is 32.7 Å². The molecule has 0 spiro atoms. The lowest BCUT2D eigenvalue weighted by Crippen LogP contribution is -2.19. The third-order valence-corrected chi connectivity index (χ3v) is 2.90. The molecule has 4 nitrogen and oxygen atoms in total. The van der Waals surface area contributed by atoms with Gasteiger partial charge in [-0.1, -0.05) is 18.5 Å². The van der Waals surface area contributed by atoms with Gasteiger partial charge in [0, 0.05) is 29.3 Å². The Labute approximate surface area is 126 Å². The van der Waals surface area contributed by atoms with E-state index in [4.69, 9.17) is 31.5 Å². The fourth-order valence-electron chi connectivity index (χ4n) is 1.89. The largest absolute Gasteiger partial charge is 0.493 e. The summed E-state index contributed by atoms with van der Waals surface area (Å²) in [6, 6.07) is 3.64. The zero-order chi connectivity index (χ0) is 15.0. The first-order valence-electron chi connectivity index (χ1n) is 6.91. The molecule has 0 heterocycles. The number of benzene rings is 1. The molecule has 0 radical (unpaired) electrons. The van der Waals surface area contributed by atoms with Gasteiger partial charge in [-0.25, -0.2) is 0 Å². The smallest absolute Gasteiger partial charge is 0.164 e. The van der Waals surface area contributed by atoms with Crippen LogP contribution in [0, 0.1) is 0 Å². The normalized spacial score (nSPS) is 12.2. The van der Waals surface area contributed by atoms with Gasteiger partial charge >= 0.3 is 0 Å². The van der Waals surface area contributed by atoms with Crippen molar-refractivity contribution in [3.05, 3.63) is 22.7 Å². The lowest BCUT2D eigenvalue weighted by atomic mass is 10.1. The summed E-state index contributed by atoms with van der Waals surface area (Å²) in [4.78, 5) is 0. The topological polar surface area (TPSA) is 53.7 Å². The fourth-order valence-corrected chi connectivity index (χ4v) is 2.12. The van der Waals surface area contributed by atoms with Crippen molar-refractivity contribution in [2.75, 3.05) is 26.9 Å². The van der Waals surface area contributed by atoms with Crippen molar-refractivity contribution >= 4 is 11.6 Å². The summed E-state index contributed by atoms with van der Waals surface area (Å²) in [5.74, 6) is 1.33. The van der Waals surface area contributed by atoms with E-state index >= 15 is 0 Å². The quantitative estimate of drug-likeness (QED) is 0.712. The molecule has 0 amide bonds. The van der Waals surface area contributed by atoms with Crippen LogP contribution in [0.4, 0.5) is 0 Å². The van der Waals surface area contributed by atoms with E-state index in [1.807, 2.05) is 13.0 Å². The van der Waals surface area contributed by atoms with Crippen molar-refractivity contribution in [3.8, 4) is 11.5 Å². The fraction of sp³-hybridized carbons (Fsp3) is 0.600. The zero-order valence-corrected chi connectivity index (χ0v) is 13.2. The lowest BCUT2D eigenvalue weighted by molar-refractivity contribution is 0.0991. The molecule has 1 rings (SSSR count). The number of methoxy groups -OCH3 is 1. The van der Waals surface area contributed by atoms with Gasteiger partial charge in [0.2, 0.25) is 0 Å². The van der Waals surface area contributed by atoms with Crippen LogP contribution < -0.4 is 15.2 Å². The Hall–Kier alpha value is -0.970. The summed E-state index contributed by atoms with van der Waals surface area (Å²) < 4.78 is 16.5. The number of hydrogen-bond acceptors (Lipinski definition) is 4. The predicted octanol–water partition coefficient (Wildman–Crippen LogP) is 3.04. The van der Waals surface area contributed by atoms with Crippen molar-refractivity contribution in [1.82, 2.24) is 0 Å². The highest BCUT2D eigenvalue weighted by atomic mass is 35.5. The zero-order valence-electron chi connectivity index (χ0n) is 12.4. The van der Waals surface area contributed by atoms with Crippen LogP contribution in [0.25, 0.3) is 0 Å². The van der Waals surface area contributed by atoms with E-state index in [9.17, 15) is 0 Å². The monoisotopic (exact) mass is 301 g/mol. The van der Waals surface area contributed by atoms with E-state index in [1.54, 1.807) is 13.2 Å². The van der Waals surface area contributed by atoms with Crippen LogP contribution in [0.15, 0.2) is 12.1 Å². The van der Waals surface area contributed by atoms with Gasteiger partial charge < -0.3 is 19.9 Å². The Kier molecular flexibility index (Phi) is 7.73. The first kappa shape index (κ1) is 17.1. The van der Waals surface area contributed by atoms with Gasteiger partial charge in [-0.05, 0) is 25.8 Å². The molecule has 0 fully saturated rings. The van der Waals surface area contributed by atoms with Crippen molar-refractivity contribution in [2.24, 2.45) is 5.73 Å². The first-order chi connectivity index (χ1) is 9.58. The van der Waals surface area contributed by atoms with Gasteiger partial charge in [-0.2, -0.15) is 0 Å². The average Bonchev–Trinajstić information content (AvgIpc) is 2.39. The summed E-state index contributed by atoms with van der Waals surface area (Å²) in [5.41, 5.74) is 6.82. The van der Waals surface area contributed by atoms with Crippen LogP contribution in [0.5, 0.6) is 11.5 Å². The summed E-state index contributed by atoms with van der Waals surface area (Å²) in [5, 5.41) is 0.618. The molecule has 0 aliphatic carbocycles. The van der Waals surface area contributed by atoms with Gasteiger partial charge in [0.15, 0.2) is 11.5 Å². The maximum Gasteiger partial charge on any atom is 0.164 e. The number of hydrogen-bond donors (Lipinski definition) is 1. The number of halogens is 1. The van der Waals surface area contributed by atoms with Crippen molar-refractivity contribution < 1.29 is 14.2 Å². The molecule has 2 N–H and O–H groups in total. The lowest BCUT2D eigenvalue weighted by Gasteiger charge is -2.17. The molecule has 0 aliphatic rings. The van der Waals surface area contributed by atoms with E-state index in [2.05, 4.69) is 6.92 Å². The molecule has 1 aromatic rings. The third kappa shape index (κ3) is 5.57. The van der Waals surface area contributed by atoms with E-state index in [1.165, 1.54) is 0 Å². The summed E-state index contributed by atoms with van der Waals surface area (Å²) in [6.07, 6.45) is 1.68. The molecule has 1 atom stereocenters. The minimum atomic E-state index is 0.0249. The van der Waals surface area contributed by atoms with Crippen molar-refractivity contribution in [1.29, 1.82) is 0 Å². The Morgan fingerprint density at radius 1 is 1.25 bits per heavy atom. The molecule has 1 aromatic carbocycles. The van der Waals surface area contributed by atoms with Gasteiger partial charge in [-0.15, -0.1) is 0 Å². The molecule has 0 bridgehead atoms. The molecule has 0 aromatic heterocycles. The highest BCUT2D eigenvalue weighted by Crippen LogP contribution is 2.35. The van der Waals surface area contributed by atoms with Gasteiger partial charge in [0.25, 0.3) is 0 Å². The molecular formula is C15H24ClNO3. The molecule has 0 aliphatic heterocycles. The molecule has 0 saturated heterocycles. The second-order valence-electron chi connectivity index (χ2n) is 4.74. The highest BCUT2D eigenvalue weighted by Gasteiger charge is 2.14. The predicted molar refractivity (Wildman–Crippen MR) is 82.0 cm³/mol. The molecule has 1 unspecified atom stereocenters. The van der Waals surface area contributed by atoms with Gasteiger partial charge in [0.05, 0.1) is 13.7 Å². The SMILES string of the molecule is CCCOCCOc1c(CC(C)N)cc(Cl)cc1OC. The van der Waals surface area contributed by atoms with Crippen LogP contribution >= 0.6 is 11.6 Å². The summed E-state index contributed by atoms with van der Waals surface area (Å²) >= 11 is 6.09. The maximum absolute atomic E-state index is 6.09. The number of ether oxygens (including phenoxy) is 3. The Balaban J connectivity index is 2.78. The van der Waals surface area contributed by atoms with E-state index < -0.39 is 0 Å². The molecule has 0 saturated carbocycles. The second kappa shape index (κ2) is 9.06. The Bertz CT molecular complexity index is 410. The van der Waals surface area contributed by atoms with Gasteiger partial charge in [0.1, 0.15) is 6.61 Å². The minimum absolute atomic E-state index is 0.0249.